The standard InChI is InChI=1S/C16H21N3O5/c1-4-17-16(23)19-14(21)10(2)24-15(22)13-7-5-12(6-8-13)9-18-11(3)20/h5-8,10H,4,9H2,1-3H3,(H,18,20)(H2,17,19,21,23)/t10-/m1/s1. The molecule has 1 rings (SSSR count). The van der Waals surface area contributed by atoms with Crippen molar-refractivity contribution in [3.05, 3.63) is 35.4 Å². The van der Waals surface area contributed by atoms with Crippen molar-refractivity contribution in [2.24, 2.45) is 0 Å². The third-order valence-electron chi connectivity index (χ3n) is 2.96. The maximum Gasteiger partial charge on any atom is 0.338 e. The van der Waals surface area contributed by atoms with E-state index in [0.29, 0.717) is 13.1 Å². The number of esters is 1. The van der Waals surface area contributed by atoms with Crippen molar-refractivity contribution in [2.75, 3.05) is 6.54 Å². The lowest BCUT2D eigenvalue weighted by atomic mass is 10.1. The number of imide groups is 1. The predicted octanol–water partition coefficient (Wildman–Crippen LogP) is 0.714. The number of carbonyl (C=O) groups is 4. The first-order chi connectivity index (χ1) is 11.3. The van der Waals surface area contributed by atoms with E-state index in [0.717, 1.165) is 5.56 Å². The summed E-state index contributed by atoms with van der Waals surface area (Å²) in [6.45, 7) is 5.23. The Labute approximate surface area is 139 Å². The minimum absolute atomic E-state index is 0.148. The van der Waals surface area contributed by atoms with Gasteiger partial charge in [0.1, 0.15) is 0 Å². The molecule has 0 aliphatic rings. The van der Waals surface area contributed by atoms with Gasteiger partial charge < -0.3 is 15.4 Å². The van der Waals surface area contributed by atoms with Crippen molar-refractivity contribution in [1.82, 2.24) is 16.0 Å². The van der Waals surface area contributed by atoms with E-state index in [4.69, 9.17) is 4.74 Å². The number of amides is 4. The molecule has 0 fully saturated rings. The fraction of sp³-hybridized carbons (Fsp3) is 0.375. The molecule has 1 aromatic rings. The molecule has 0 bridgehead atoms. The molecule has 24 heavy (non-hydrogen) atoms. The van der Waals surface area contributed by atoms with Crippen LogP contribution in [0, 0.1) is 0 Å². The molecule has 8 nitrogen and oxygen atoms in total. The molecule has 0 aromatic heterocycles. The Bertz CT molecular complexity index is 613. The second kappa shape index (κ2) is 9.29. The van der Waals surface area contributed by atoms with E-state index in [2.05, 4.69) is 16.0 Å². The third kappa shape index (κ3) is 6.47. The molecule has 8 heteroatoms. The number of carbonyl (C=O) groups excluding carboxylic acids is 4. The average molecular weight is 335 g/mol. The lowest BCUT2D eigenvalue weighted by molar-refractivity contribution is -0.128. The van der Waals surface area contributed by atoms with Gasteiger partial charge in [0.2, 0.25) is 5.91 Å². The van der Waals surface area contributed by atoms with Crippen LogP contribution in [-0.4, -0.2) is 36.5 Å². The number of hydrogen-bond acceptors (Lipinski definition) is 5. The van der Waals surface area contributed by atoms with Gasteiger partial charge >= 0.3 is 12.0 Å². The molecule has 4 amide bonds. The second-order valence-corrected chi connectivity index (χ2v) is 5.00. The summed E-state index contributed by atoms with van der Waals surface area (Å²) >= 11 is 0. The fourth-order valence-electron chi connectivity index (χ4n) is 1.69. The molecule has 0 heterocycles. The predicted molar refractivity (Wildman–Crippen MR) is 86.1 cm³/mol. The zero-order chi connectivity index (χ0) is 18.1. The van der Waals surface area contributed by atoms with E-state index >= 15 is 0 Å². The van der Waals surface area contributed by atoms with Gasteiger partial charge in [-0.25, -0.2) is 9.59 Å². The number of ether oxygens (including phenoxy) is 1. The topological polar surface area (TPSA) is 114 Å². The van der Waals surface area contributed by atoms with E-state index in [9.17, 15) is 19.2 Å². The molecular formula is C16H21N3O5. The van der Waals surface area contributed by atoms with Crippen LogP contribution in [-0.2, 0) is 20.9 Å². The van der Waals surface area contributed by atoms with Gasteiger partial charge in [-0.1, -0.05) is 12.1 Å². The van der Waals surface area contributed by atoms with Crippen molar-refractivity contribution in [3.8, 4) is 0 Å². The first-order valence-corrected chi connectivity index (χ1v) is 7.46. The van der Waals surface area contributed by atoms with Crippen molar-refractivity contribution >= 4 is 23.8 Å². The molecule has 0 aliphatic heterocycles. The third-order valence-corrected chi connectivity index (χ3v) is 2.96. The largest absolute Gasteiger partial charge is 0.449 e. The first kappa shape index (κ1) is 19.1. The summed E-state index contributed by atoms with van der Waals surface area (Å²) < 4.78 is 5.01. The molecule has 3 N–H and O–H groups in total. The Hall–Kier alpha value is -2.90. The number of nitrogens with one attached hydrogen (secondary N) is 3. The summed E-state index contributed by atoms with van der Waals surface area (Å²) in [5.41, 5.74) is 1.09. The summed E-state index contributed by atoms with van der Waals surface area (Å²) in [6.07, 6.45) is -1.11. The van der Waals surface area contributed by atoms with Crippen LogP contribution in [0.5, 0.6) is 0 Å². The summed E-state index contributed by atoms with van der Waals surface area (Å²) in [7, 11) is 0. The van der Waals surface area contributed by atoms with Crippen LogP contribution >= 0.6 is 0 Å². The molecule has 0 spiro atoms. The van der Waals surface area contributed by atoms with Crippen LogP contribution in [0.25, 0.3) is 0 Å². The van der Waals surface area contributed by atoms with Gasteiger partial charge in [-0.2, -0.15) is 0 Å². The highest BCUT2D eigenvalue weighted by Crippen LogP contribution is 2.07. The molecule has 0 unspecified atom stereocenters. The van der Waals surface area contributed by atoms with Crippen LogP contribution in [0.4, 0.5) is 4.79 Å². The molecule has 0 aliphatic carbocycles. The summed E-state index contributed by atoms with van der Waals surface area (Å²) in [5, 5.41) is 7.11. The second-order valence-electron chi connectivity index (χ2n) is 5.00. The fourth-order valence-corrected chi connectivity index (χ4v) is 1.69. The van der Waals surface area contributed by atoms with E-state index < -0.39 is 24.0 Å². The highest BCUT2D eigenvalue weighted by atomic mass is 16.5. The molecular weight excluding hydrogens is 314 g/mol. The normalized spacial score (nSPS) is 11.1. The van der Waals surface area contributed by atoms with Gasteiger partial charge in [0.25, 0.3) is 5.91 Å². The lowest BCUT2D eigenvalue weighted by Gasteiger charge is -2.13. The Morgan fingerprint density at radius 3 is 2.25 bits per heavy atom. The highest BCUT2D eigenvalue weighted by Gasteiger charge is 2.20. The number of rotatable bonds is 6. The number of benzene rings is 1. The summed E-state index contributed by atoms with van der Waals surface area (Å²) in [4.78, 5) is 45.8. The Morgan fingerprint density at radius 1 is 1.08 bits per heavy atom. The van der Waals surface area contributed by atoms with Gasteiger partial charge in [-0.15, -0.1) is 0 Å². The van der Waals surface area contributed by atoms with E-state index in [1.807, 2.05) is 0 Å². The quantitative estimate of drug-likeness (QED) is 0.663. The van der Waals surface area contributed by atoms with Crippen molar-refractivity contribution in [2.45, 2.75) is 33.4 Å². The van der Waals surface area contributed by atoms with Crippen LogP contribution in [0.2, 0.25) is 0 Å². The van der Waals surface area contributed by atoms with Gasteiger partial charge in [-0.3, -0.25) is 14.9 Å². The van der Waals surface area contributed by atoms with Gasteiger partial charge in [-0.05, 0) is 31.5 Å². The van der Waals surface area contributed by atoms with Gasteiger partial charge in [0.05, 0.1) is 5.56 Å². The van der Waals surface area contributed by atoms with Gasteiger partial charge in [0, 0.05) is 20.0 Å². The molecule has 130 valence electrons. The average Bonchev–Trinajstić information content (AvgIpc) is 2.53. The monoisotopic (exact) mass is 335 g/mol. The smallest absolute Gasteiger partial charge is 0.338 e. The minimum Gasteiger partial charge on any atom is -0.449 e. The zero-order valence-electron chi connectivity index (χ0n) is 13.8. The highest BCUT2D eigenvalue weighted by molar-refractivity contribution is 5.98. The molecule has 0 saturated heterocycles. The van der Waals surface area contributed by atoms with Crippen LogP contribution in [0.3, 0.4) is 0 Å². The minimum atomic E-state index is -1.11. The SMILES string of the molecule is CCNC(=O)NC(=O)[C@@H](C)OC(=O)c1ccc(CNC(C)=O)cc1. The number of urea groups is 1. The molecule has 1 aromatic carbocycles. The van der Waals surface area contributed by atoms with Crippen molar-refractivity contribution in [3.63, 3.8) is 0 Å². The summed E-state index contributed by atoms with van der Waals surface area (Å²) in [5.74, 6) is -1.54. The lowest BCUT2D eigenvalue weighted by Crippen LogP contribution is -2.44. The van der Waals surface area contributed by atoms with E-state index in [1.165, 1.54) is 26.0 Å². The first-order valence-electron chi connectivity index (χ1n) is 7.46. The Kier molecular flexibility index (Phi) is 7.41. The van der Waals surface area contributed by atoms with E-state index in [-0.39, 0.29) is 11.5 Å². The zero-order valence-corrected chi connectivity index (χ0v) is 13.8. The summed E-state index contributed by atoms with van der Waals surface area (Å²) in [6, 6.07) is 5.77. The molecule has 0 radical (unpaired) electrons. The van der Waals surface area contributed by atoms with Gasteiger partial charge in [0.15, 0.2) is 6.10 Å². The molecule has 1 atom stereocenters. The van der Waals surface area contributed by atoms with Crippen molar-refractivity contribution < 1.29 is 23.9 Å². The van der Waals surface area contributed by atoms with Crippen LogP contribution in [0.15, 0.2) is 24.3 Å². The number of hydrogen-bond donors (Lipinski definition) is 3. The van der Waals surface area contributed by atoms with Crippen LogP contribution < -0.4 is 16.0 Å². The maximum atomic E-state index is 12.0. The van der Waals surface area contributed by atoms with E-state index in [1.54, 1.807) is 19.1 Å². The molecule has 0 saturated carbocycles. The maximum absolute atomic E-state index is 12.0. The Morgan fingerprint density at radius 2 is 1.71 bits per heavy atom. The van der Waals surface area contributed by atoms with Crippen LogP contribution in [0.1, 0.15) is 36.7 Å². The van der Waals surface area contributed by atoms with Crippen molar-refractivity contribution in [1.29, 1.82) is 0 Å². The Balaban J connectivity index is 2.56.